The van der Waals surface area contributed by atoms with Crippen molar-refractivity contribution in [2.75, 3.05) is 5.75 Å². The van der Waals surface area contributed by atoms with Crippen molar-refractivity contribution in [3.63, 3.8) is 0 Å². The zero-order valence-electron chi connectivity index (χ0n) is 16.6. The van der Waals surface area contributed by atoms with Gasteiger partial charge in [-0.2, -0.15) is 0 Å². The summed E-state index contributed by atoms with van der Waals surface area (Å²) in [7, 11) is 0. The van der Waals surface area contributed by atoms with Crippen LogP contribution < -0.4 is 0 Å². The summed E-state index contributed by atoms with van der Waals surface area (Å²) in [6.07, 6.45) is 2.09. The highest BCUT2D eigenvalue weighted by atomic mass is 32.2. The van der Waals surface area contributed by atoms with Crippen molar-refractivity contribution in [1.82, 2.24) is 9.55 Å². The molecule has 0 radical (unpaired) electrons. The van der Waals surface area contributed by atoms with Crippen LogP contribution in [0.1, 0.15) is 22.4 Å². The van der Waals surface area contributed by atoms with E-state index in [1.165, 1.54) is 27.3 Å². The second kappa shape index (κ2) is 8.66. The summed E-state index contributed by atoms with van der Waals surface area (Å²) in [6.45, 7) is 5.23. The van der Waals surface area contributed by atoms with Crippen molar-refractivity contribution in [3.8, 4) is 11.4 Å². The van der Waals surface area contributed by atoms with Crippen molar-refractivity contribution in [2.24, 2.45) is 0 Å². The third-order valence-corrected chi connectivity index (χ3v) is 6.39. The van der Waals surface area contributed by atoms with Gasteiger partial charge in [-0.1, -0.05) is 60.7 Å². The molecule has 142 valence electrons. The molecule has 0 fully saturated rings. The molecular weight excluding hydrogens is 360 g/mol. The van der Waals surface area contributed by atoms with Gasteiger partial charge in [0.1, 0.15) is 5.82 Å². The first-order valence-corrected chi connectivity index (χ1v) is 10.9. The maximum atomic E-state index is 4.90. The van der Waals surface area contributed by atoms with E-state index in [4.69, 9.17) is 4.98 Å². The maximum Gasteiger partial charge on any atom is 0.141 e. The van der Waals surface area contributed by atoms with E-state index in [2.05, 4.69) is 91.2 Å². The Morgan fingerprint density at radius 1 is 0.786 bits per heavy atom. The normalized spacial score (nSPS) is 11.2. The molecule has 2 heterocycles. The summed E-state index contributed by atoms with van der Waals surface area (Å²) < 4.78 is 2.41. The Bertz CT molecular complexity index is 1010. The van der Waals surface area contributed by atoms with E-state index < -0.39 is 0 Å². The maximum absolute atomic E-state index is 4.90. The highest BCUT2D eigenvalue weighted by Crippen LogP contribution is 2.32. The Hall–Kier alpha value is -2.52. The standard InChI is InChI=1S/C25H26N2S/c1-19-20(2)26-25-23(19)13-14-24(28-18-16-22-11-7-4-8-12-22)27(25)17-15-21-9-5-3-6-10-21/h3-14H,15-18H2,1-2H3. The highest BCUT2D eigenvalue weighted by molar-refractivity contribution is 7.99. The van der Waals surface area contributed by atoms with E-state index in [-0.39, 0.29) is 0 Å². The average molecular weight is 387 g/mol. The van der Waals surface area contributed by atoms with Gasteiger partial charge in [-0.15, -0.1) is 11.8 Å². The number of pyridine rings is 1. The minimum absolute atomic E-state index is 0.949. The summed E-state index contributed by atoms with van der Waals surface area (Å²) in [5.74, 6) is 2.19. The van der Waals surface area contributed by atoms with Crippen LogP contribution in [0, 0.1) is 13.8 Å². The molecule has 2 aliphatic heterocycles. The summed E-state index contributed by atoms with van der Waals surface area (Å²) >= 11 is 1.93. The van der Waals surface area contributed by atoms with Gasteiger partial charge in [0.05, 0.1) is 5.03 Å². The van der Waals surface area contributed by atoms with Crippen molar-refractivity contribution < 1.29 is 0 Å². The molecule has 0 spiro atoms. The number of benzene rings is 2. The van der Waals surface area contributed by atoms with Gasteiger partial charge in [0.25, 0.3) is 0 Å². The molecule has 0 atom stereocenters. The zero-order chi connectivity index (χ0) is 19.3. The van der Waals surface area contributed by atoms with E-state index in [0.717, 1.165) is 36.7 Å². The SMILES string of the molecule is Cc1nc2n(CCc3ccccc3)c(SCCc3ccccc3)ccc-2c1C. The average Bonchev–Trinajstić information content (AvgIpc) is 3.02. The molecule has 0 aliphatic carbocycles. The minimum atomic E-state index is 0.949. The van der Waals surface area contributed by atoms with Gasteiger partial charge in [-0.25, -0.2) is 4.98 Å². The lowest BCUT2D eigenvalue weighted by molar-refractivity contribution is 0.634. The fourth-order valence-corrected chi connectivity index (χ4v) is 4.61. The Balaban J connectivity index is 1.57. The smallest absolute Gasteiger partial charge is 0.141 e. The molecule has 28 heavy (non-hydrogen) atoms. The Labute approximate surface area is 172 Å². The Morgan fingerprint density at radius 3 is 2.11 bits per heavy atom. The Morgan fingerprint density at radius 2 is 1.43 bits per heavy atom. The van der Waals surface area contributed by atoms with Gasteiger partial charge in [0, 0.05) is 23.6 Å². The van der Waals surface area contributed by atoms with Gasteiger partial charge in [0.15, 0.2) is 0 Å². The molecule has 0 bridgehead atoms. The number of hydrogen-bond donors (Lipinski definition) is 0. The monoisotopic (exact) mass is 386 g/mol. The van der Waals surface area contributed by atoms with Gasteiger partial charge < -0.3 is 4.57 Å². The van der Waals surface area contributed by atoms with Crippen LogP contribution >= 0.6 is 11.8 Å². The van der Waals surface area contributed by atoms with E-state index in [9.17, 15) is 0 Å². The van der Waals surface area contributed by atoms with Crippen molar-refractivity contribution in [1.29, 1.82) is 0 Å². The van der Waals surface area contributed by atoms with E-state index in [1.807, 2.05) is 11.8 Å². The predicted molar refractivity (Wildman–Crippen MR) is 119 cm³/mol. The van der Waals surface area contributed by atoms with E-state index in [0.29, 0.717) is 0 Å². The van der Waals surface area contributed by atoms with Crippen LogP contribution in [0.4, 0.5) is 0 Å². The van der Waals surface area contributed by atoms with Crippen molar-refractivity contribution in [3.05, 3.63) is 95.2 Å². The van der Waals surface area contributed by atoms with Crippen LogP contribution in [-0.2, 0) is 19.4 Å². The first-order valence-electron chi connectivity index (χ1n) is 9.89. The minimum Gasteiger partial charge on any atom is -0.320 e. The molecule has 2 nitrogen and oxygen atoms in total. The number of aryl methyl sites for hydroxylation is 3. The fraction of sp³-hybridized carbons (Fsp3) is 0.240. The molecule has 2 aromatic carbocycles. The largest absolute Gasteiger partial charge is 0.320 e. The number of fused-ring (bicyclic) bond motifs is 1. The van der Waals surface area contributed by atoms with Gasteiger partial charge in [-0.3, -0.25) is 0 Å². The highest BCUT2D eigenvalue weighted by Gasteiger charge is 2.18. The third kappa shape index (κ3) is 4.15. The molecule has 3 heteroatoms. The number of rotatable bonds is 7. The number of hydrogen-bond acceptors (Lipinski definition) is 2. The summed E-state index contributed by atoms with van der Waals surface area (Å²) in [4.78, 5) is 4.90. The third-order valence-electron chi connectivity index (χ3n) is 5.33. The molecule has 2 aromatic rings. The molecule has 4 rings (SSSR count). The summed E-state index contributed by atoms with van der Waals surface area (Å²) in [5, 5.41) is 1.30. The lowest BCUT2D eigenvalue weighted by atomic mass is 10.1. The molecule has 0 aromatic heterocycles. The van der Waals surface area contributed by atoms with Gasteiger partial charge in [0.2, 0.25) is 0 Å². The van der Waals surface area contributed by atoms with Crippen LogP contribution in [0.2, 0.25) is 0 Å². The Kier molecular flexibility index (Phi) is 5.82. The van der Waals surface area contributed by atoms with E-state index in [1.54, 1.807) is 0 Å². The predicted octanol–water partition coefficient (Wildman–Crippen LogP) is 6.18. The molecule has 0 amide bonds. The van der Waals surface area contributed by atoms with Crippen molar-refractivity contribution >= 4 is 11.8 Å². The zero-order valence-corrected chi connectivity index (χ0v) is 17.4. The van der Waals surface area contributed by atoms with Crippen LogP contribution in [0.5, 0.6) is 0 Å². The van der Waals surface area contributed by atoms with Gasteiger partial charge >= 0.3 is 0 Å². The molecule has 0 unspecified atom stereocenters. The van der Waals surface area contributed by atoms with Gasteiger partial charge in [-0.05, 0) is 55.5 Å². The number of thioether (sulfide) groups is 1. The second-order valence-electron chi connectivity index (χ2n) is 7.20. The molecular formula is C25H26N2S. The lowest BCUT2D eigenvalue weighted by Gasteiger charge is -2.18. The quantitative estimate of drug-likeness (QED) is 0.353. The first-order chi connectivity index (χ1) is 13.7. The summed E-state index contributed by atoms with van der Waals surface area (Å²) in [6, 6.07) is 26.0. The summed E-state index contributed by atoms with van der Waals surface area (Å²) in [5.41, 5.74) is 6.47. The fourth-order valence-electron chi connectivity index (χ4n) is 3.57. The van der Waals surface area contributed by atoms with Crippen LogP contribution in [0.25, 0.3) is 11.4 Å². The first kappa shape index (κ1) is 18.8. The van der Waals surface area contributed by atoms with Crippen LogP contribution in [0.15, 0.2) is 77.8 Å². The number of aromatic nitrogens is 2. The molecule has 0 saturated heterocycles. The van der Waals surface area contributed by atoms with Crippen molar-refractivity contribution in [2.45, 2.75) is 38.3 Å². The van der Waals surface area contributed by atoms with Crippen LogP contribution in [0.3, 0.4) is 0 Å². The molecule has 0 N–H and O–H groups in total. The van der Waals surface area contributed by atoms with Crippen LogP contribution in [-0.4, -0.2) is 15.3 Å². The number of nitrogens with zero attached hydrogens (tertiary/aromatic N) is 2. The topological polar surface area (TPSA) is 17.8 Å². The lowest BCUT2D eigenvalue weighted by Crippen LogP contribution is -2.09. The molecule has 2 aliphatic rings. The second-order valence-corrected chi connectivity index (χ2v) is 8.32. The van der Waals surface area contributed by atoms with E-state index >= 15 is 0 Å². The molecule has 0 saturated carbocycles.